The molecule has 1 rings (SSSR count). The molecule has 0 fully saturated rings. The second kappa shape index (κ2) is 5.16. The van der Waals surface area contributed by atoms with E-state index in [1.165, 1.54) is 13.8 Å². The van der Waals surface area contributed by atoms with Gasteiger partial charge in [0, 0.05) is 6.54 Å². The van der Waals surface area contributed by atoms with Crippen molar-refractivity contribution in [3.63, 3.8) is 0 Å². The fourth-order valence-electron chi connectivity index (χ4n) is 1.32. The minimum absolute atomic E-state index is 0.207. The highest BCUT2D eigenvalue weighted by molar-refractivity contribution is 5.94. The summed E-state index contributed by atoms with van der Waals surface area (Å²) in [5.74, 6) is -2.63. The van der Waals surface area contributed by atoms with Gasteiger partial charge in [0.15, 0.2) is 0 Å². The molecule has 0 aliphatic carbocycles. The van der Waals surface area contributed by atoms with Crippen molar-refractivity contribution in [2.45, 2.75) is 25.6 Å². The summed E-state index contributed by atoms with van der Waals surface area (Å²) in [4.78, 5) is 11.6. The number of aliphatic hydroxyl groups is 1. The number of carbonyl (C=O) groups is 1. The first kappa shape index (κ1) is 15.4. The molecule has 0 saturated carbocycles. The summed E-state index contributed by atoms with van der Waals surface area (Å²) in [6, 6.07) is 2.46. The zero-order chi connectivity index (χ0) is 14.8. The van der Waals surface area contributed by atoms with Gasteiger partial charge in [-0.25, -0.2) is 4.39 Å². The maximum atomic E-state index is 13.6. The average molecular weight is 279 g/mol. The van der Waals surface area contributed by atoms with Crippen LogP contribution in [-0.2, 0) is 6.18 Å². The van der Waals surface area contributed by atoms with Crippen LogP contribution in [0, 0.1) is 5.82 Å². The van der Waals surface area contributed by atoms with Gasteiger partial charge in [-0.1, -0.05) is 6.07 Å². The Balaban J connectivity index is 2.99. The third-order valence-corrected chi connectivity index (χ3v) is 2.23. The van der Waals surface area contributed by atoms with Crippen molar-refractivity contribution in [3.8, 4) is 0 Å². The molecule has 0 bridgehead atoms. The molecule has 7 heteroatoms. The molecule has 19 heavy (non-hydrogen) atoms. The molecule has 2 N–H and O–H groups in total. The van der Waals surface area contributed by atoms with Gasteiger partial charge in [0.2, 0.25) is 0 Å². The van der Waals surface area contributed by atoms with Crippen LogP contribution < -0.4 is 5.32 Å². The Labute approximate surface area is 107 Å². The van der Waals surface area contributed by atoms with E-state index < -0.39 is 34.6 Å². The summed E-state index contributed by atoms with van der Waals surface area (Å²) >= 11 is 0. The molecular formula is C12H13F4NO2. The van der Waals surface area contributed by atoms with Crippen LogP contribution in [0.2, 0.25) is 0 Å². The van der Waals surface area contributed by atoms with Crippen LogP contribution in [-0.4, -0.2) is 23.2 Å². The van der Waals surface area contributed by atoms with Gasteiger partial charge < -0.3 is 10.4 Å². The van der Waals surface area contributed by atoms with Crippen molar-refractivity contribution in [1.29, 1.82) is 0 Å². The molecule has 1 amide bonds. The third-order valence-electron chi connectivity index (χ3n) is 2.23. The van der Waals surface area contributed by atoms with E-state index in [0.717, 1.165) is 12.1 Å². The van der Waals surface area contributed by atoms with Crippen molar-refractivity contribution < 1.29 is 27.5 Å². The van der Waals surface area contributed by atoms with E-state index in [1.807, 2.05) is 0 Å². The maximum absolute atomic E-state index is 13.6. The first-order valence-corrected chi connectivity index (χ1v) is 5.38. The molecule has 3 nitrogen and oxygen atoms in total. The molecule has 1 aromatic rings. The normalized spacial score (nSPS) is 12.4. The fraction of sp³-hybridized carbons (Fsp3) is 0.417. The quantitative estimate of drug-likeness (QED) is 0.834. The number of nitrogens with one attached hydrogen (secondary N) is 1. The van der Waals surface area contributed by atoms with E-state index in [4.69, 9.17) is 0 Å². The lowest BCUT2D eigenvalue weighted by Crippen LogP contribution is -2.38. The number of alkyl halides is 3. The van der Waals surface area contributed by atoms with Crippen LogP contribution in [0.25, 0.3) is 0 Å². The summed E-state index contributed by atoms with van der Waals surface area (Å²) in [6.45, 7) is 2.59. The summed E-state index contributed by atoms with van der Waals surface area (Å²) in [5, 5.41) is 11.5. The van der Waals surface area contributed by atoms with E-state index in [1.54, 1.807) is 0 Å². The molecular weight excluding hydrogens is 266 g/mol. The topological polar surface area (TPSA) is 49.3 Å². The smallest absolute Gasteiger partial charge is 0.389 e. The van der Waals surface area contributed by atoms with Crippen molar-refractivity contribution in [1.82, 2.24) is 5.32 Å². The summed E-state index contributed by atoms with van der Waals surface area (Å²) in [7, 11) is 0. The predicted octanol–water partition coefficient (Wildman–Crippen LogP) is 2.35. The first-order valence-electron chi connectivity index (χ1n) is 5.38. The first-order chi connectivity index (χ1) is 8.52. The lowest BCUT2D eigenvalue weighted by molar-refractivity contribution is -0.140. The highest BCUT2D eigenvalue weighted by Gasteiger charge is 2.35. The maximum Gasteiger partial charge on any atom is 0.419 e. The monoisotopic (exact) mass is 279 g/mol. The van der Waals surface area contributed by atoms with E-state index in [-0.39, 0.29) is 6.54 Å². The van der Waals surface area contributed by atoms with Crippen molar-refractivity contribution in [2.75, 3.05) is 6.54 Å². The molecule has 0 radical (unpaired) electrons. The zero-order valence-electron chi connectivity index (χ0n) is 10.3. The number of hydrogen-bond acceptors (Lipinski definition) is 2. The summed E-state index contributed by atoms with van der Waals surface area (Å²) in [6.07, 6.45) is -4.86. The van der Waals surface area contributed by atoms with Gasteiger partial charge >= 0.3 is 6.18 Å². The molecule has 0 aromatic heterocycles. The molecule has 0 spiro atoms. The Hall–Kier alpha value is -1.63. The standard InChI is InChI=1S/C12H13F4NO2/c1-11(2,19)6-17-10(18)7-4-3-5-8(9(7)13)12(14,15)16/h3-5,19H,6H2,1-2H3,(H,17,18). The van der Waals surface area contributed by atoms with Gasteiger partial charge in [0.05, 0.1) is 16.7 Å². The number of halogens is 4. The molecule has 0 unspecified atom stereocenters. The van der Waals surface area contributed by atoms with Crippen LogP contribution in [0.5, 0.6) is 0 Å². The number of carbonyl (C=O) groups excluding carboxylic acids is 1. The lowest BCUT2D eigenvalue weighted by Gasteiger charge is -2.18. The highest BCUT2D eigenvalue weighted by atomic mass is 19.4. The molecule has 1 aromatic carbocycles. The molecule has 106 valence electrons. The van der Waals surface area contributed by atoms with Crippen LogP contribution in [0.15, 0.2) is 18.2 Å². The van der Waals surface area contributed by atoms with Crippen molar-refractivity contribution in [3.05, 3.63) is 35.1 Å². The third kappa shape index (κ3) is 4.20. The minimum Gasteiger partial charge on any atom is -0.389 e. The van der Waals surface area contributed by atoms with Gasteiger partial charge in [-0.2, -0.15) is 13.2 Å². The van der Waals surface area contributed by atoms with Gasteiger partial charge in [-0.15, -0.1) is 0 Å². The predicted molar refractivity (Wildman–Crippen MR) is 60.0 cm³/mol. The highest BCUT2D eigenvalue weighted by Crippen LogP contribution is 2.32. The van der Waals surface area contributed by atoms with Gasteiger partial charge in [-0.05, 0) is 26.0 Å². The zero-order valence-corrected chi connectivity index (χ0v) is 10.3. The Kier molecular flexibility index (Phi) is 4.19. The molecule has 0 heterocycles. The van der Waals surface area contributed by atoms with Gasteiger partial charge in [0.1, 0.15) is 5.82 Å². The fourth-order valence-corrected chi connectivity index (χ4v) is 1.32. The van der Waals surface area contributed by atoms with Crippen LogP contribution in [0.3, 0.4) is 0 Å². The van der Waals surface area contributed by atoms with E-state index in [9.17, 15) is 27.5 Å². The number of amides is 1. The van der Waals surface area contributed by atoms with E-state index in [0.29, 0.717) is 6.07 Å². The molecule has 0 saturated heterocycles. The molecule has 0 aliphatic rings. The Bertz CT molecular complexity index is 478. The Morgan fingerprint density at radius 1 is 1.32 bits per heavy atom. The lowest BCUT2D eigenvalue weighted by atomic mass is 10.1. The number of rotatable bonds is 3. The van der Waals surface area contributed by atoms with Crippen molar-refractivity contribution >= 4 is 5.91 Å². The second-order valence-corrected chi connectivity index (χ2v) is 4.66. The largest absolute Gasteiger partial charge is 0.419 e. The van der Waals surface area contributed by atoms with Crippen LogP contribution in [0.4, 0.5) is 17.6 Å². The number of benzene rings is 1. The van der Waals surface area contributed by atoms with Crippen LogP contribution in [0.1, 0.15) is 29.8 Å². The molecule has 0 atom stereocenters. The minimum atomic E-state index is -4.86. The Morgan fingerprint density at radius 3 is 2.37 bits per heavy atom. The van der Waals surface area contributed by atoms with Gasteiger partial charge in [-0.3, -0.25) is 4.79 Å². The Morgan fingerprint density at radius 2 is 1.89 bits per heavy atom. The summed E-state index contributed by atoms with van der Waals surface area (Å²) < 4.78 is 51.0. The van der Waals surface area contributed by atoms with Gasteiger partial charge in [0.25, 0.3) is 5.91 Å². The van der Waals surface area contributed by atoms with Crippen LogP contribution >= 0.6 is 0 Å². The SMILES string of the molecule is CC(C)(O)CNC(=O)c1cccc(C(F)(F)F)c1F. The van der Waals surface area contributed by atoms with Crippen molar-refractivity contribution in [2.24, 2.45) is 0 Å². The molecule has 0 aliphatic heterocycles. The van der Waals surface area contributed by atoms with E-state index in [2.05, 4.69) is 5.32 Å². The number of hydrogen-bond donors (Lipinski definition) is 2. The van der Waals surface area contributed by atoms with E-state index >= 15 is 0 Å². The summed E-state index contributed by atoms with van der Waals surface area (Å²) in [5.41, 5.74) is -3.45. The second-order valence-electron chi connectivity index (χ2n) is 4.66. The average Bonchev–Trinajstić information content (AvgIpc) is 2.23.